The van der Waals surface area contributed by atoms with E-state index in [0.29, 0.717) is 19.4 Å². The SMILES string of the molecule is CN(C)[C@@H]1C(=O)C(C(N)=O)=C(O)[C@@]2(O)C(=O)C3=C(O)c4c(O)cc(C5CCCN5)c(C(F)(F)F)c4C[C@H]3C[C@@H]12. The van der Waals surface area contributed by atoms with Gasteiger partial charge in [0.1, 0.15) is 22.8 Å². The lowest BCUT2D eigenvalue weighted by atomic mass is 9.57. The van der Waals surface area contributed by atoms with Crippen LogP contribution in [0.1, 0.15) is 47.6 Å². The first-order valence-electron chi connectivity index (χ1n) is 12.5. The first-order valence-corrected chi connectivity index (χ1v) is 12.5. The van der Waals surface area contributed by atoms with E-state index < -0.39 is 105 Å². The standard InChI is InChI=1S/C26H28F3N3O7/c1-32(2)19-12-7-9-6-11-16(14(33)8-10(13-4-3-5-31-13)18(11)26(27,28)29)20(34)15(9)22(36)25(12,39)23(37)17(21(19)35)24(30)38/h8-9,12-13,19,31,33-34,37,39H,3-7H2,1-2H3,(H2,30,38)/t9-,12-,13?,19-,25-/m0/s1. The van der Waals surface area contributed by atoms with Crippen molar-refractivity contribution in [2.75, 3.05) is 20.6 Å². The third kappa shape index (κ3) is 3.70. The molecule has 5 rings (SSSR count). The minimum Gasteiger partial charge on any atom is -0.508 e. The van der Waals surface area contributed by atoms with Gasteiger partial charge in [-0.05, 0) is 69.4 Å². The highest BCUT2D eigenvalue weighted by molar-refractivity contribution is 6.24. The van der Waals surface area contributed by atoms with E-state index in [4.69, 9.17) is 5.73 Å². The highest BCUT2D eigenvalue weighted by Crippen LogP contribution is 2.55. The van der Waals surface area contributed by atoms with Crippen molar-refractivity contribution in [1.29, 1.82) is 0 Å². The van der Waals surface area contributed by atoms with Gasteiger partial charge in [-0.2, -0.15) is 13.2 Å². The van der Waals surface area contributed by atoms with Gasteiger partial charge in [-0.25, -0.2) is 0 Å². The predicted octanol–water partition coefficient (Wildman–Crippen LogP) is 1.41. The number of benzene rings is 1. The van der Waals surface area contributed by atoms with Crippen molar-refractivity contribution in [1.82, 2.24) is 10.2 Å². The number of phenolic OH excluding ortho intramolecular Hbond substituents is 1. The number of rotatable bonds is 3. The van der Waals surface area contributed by atoms with E-state index in [1.807, 2.05) is 0 Å². The fourth-order valence-electron chi connectivity index (χ4n) is 6.91. The molecule has 7 N–H and O–H groups in total. The van der Waals surface area contributed by atoms with E-state index in [1.54, 1.807) is 0 Å². The van der Waals surface area contributed by atoms with Gasteiger partial charge in [0.15, 0.2) is 11.4 Å². The molecular formula is C26H28F3N3O7. The Labute approximate surface area is 220 Å². The number of nitrogens with zero attached hydrogens (tertiary/aromatic N) is 1. The summed E-state index contributed by atoms with van der Waals surface area (Å²) in [5.41, 5.74) is -1.21. The highest BCUT2D eigenvalue weighted by atomic mass is 19.4. The Morgan fingerprint density at radius 2 is 1.87 bits per heavy atom. The minimum absolute atomic E-state index is 0.170. The number of aromatic hydroxyl groups is 1. The fourth-order valence-corrected chi connectivity index (χ4v) is 6.91. The molecule has 210 valence electrons. The highest BCUT2D eigenvalue weighted by Gasteiger charge is 2.64. The molecule has 0 spiro atoms. The van der Waals surface area contributed by atoms with Crippen LogP contribution in [0.15, 0.2) is 23.0 Å². The molecule has 1 saturated carbocycles. The molecule has 1 heterocycles. The van der Waals surface area contributed by atoms with E-state index in [9.17, 15) is 48.0 Å². The average Bonchev–Trinajstić information content (AvgIpc) is 3.34. The number of aliphatic hydroxyl groups is 3. The Balaban J connectivity index is 1.76. The number of hydrogen-bond acceptors (Lipinski definition) is 9. The molecule has 1 aliphatic heterocycles. The number of amides is 1. The number of nitrogens with two attached hydrogens (primary N) is 1. The maximum Gasteiger partial charge on any atom is 0.417 e. The van der Waals surface area contributed by atoms with E-state index in [-0.39, 0.29) is 12.0 Å². The Kier molecular flexibility index (Phi) is 6.13. The van der Waals surface area contributed by atoms with Crippen LogP contribution in [-0.2, 0) is 27.0 Å². The number of hydrogen-bond donors (Lipinski definition) is 6. The zero-order chi connectivity index (χ0) is 28.8. The summed E-state index contributed by atoms with van der Waals surface area (Å²) in [6.45, 7) is 0.497. The van der Waals surface area contributed by atoms with Crippen LogP contribution in [0.25, 0.3) is 5.76 Å². The van der Waals surface area contributed by atoms with Crippen molar-refractivity contribution in [2.24, 2.45) is 17.6 Å². The van der Waals surface area contributed by atoms with Gasteiger partial charge in [-0.1, -0.05) is 0 Å². The first-order chi connectivity index (χ1) is 18.1. The molecule has 1 aromatic rings. The number of nitrogens with one attached hydrogen (secondary N) is 1. The van der Waals surface area contributed by atoms with Gasteiger partial charge in [-0.15, -0.1) is 0 Å². The number of halogens is 3. The van der Waals surface area contributed by atoms with E-state index in [1.165, 1.54) is 19.0 Å². The predicted molar refractivity (Wildman–Crippen MR) is 129 cm³/mol. The second-order valence-corrected chi connectivity index (χ2v) is 10.8. The number of likely N-dealkylation sites (N-methyl/N-ethyl adjacent to an activating group) is 1. The topological polar surface area (TPSA) is 173 Å². The molecule has 1 saturated heterocycles. The largest absolute Gasteiger partial charge is 0.508 e. The molecule has 4 aliphatic rings. The van der Waals surface area contributed by atoms with Crippen LogP contribution < -0.4 is 11.1 Å². The third-order valence-electron chi connectivity index (χ3n) is 8.47. The maximum absolute atomic E-state index is 14.5. The number of ketones is 2. The number of phenols is 1. The normalized spacial score (nSPS) is 30.9. The van der Waals surface area contributed by atoms with Gasteiger partial charge in [0.05, 0.1) is 17.2 Å². The van der Waals surface area contributed by atoms with Crippen molar-refractivity contribution >= 4 is 23.2 Å². The average molecular weight is 552 g/mol. The lowest BCUT2D eigenvalue weighted by Crippen LogP contribution is -2.65. The van der Waals surface area contributed by atoms with Crippen molar-refractivity contribution in [3.05, 3.63) is 45.2 Å². The molecule has 10 nitrogen and oxygen atoms in total. The number of carbonyl (C=O) groups excluding carboxylic acids is 3. The number of primary amides is 1. The second-order valence-electron chi connectivity index (χ2n) is 10.8. The van der Waals surface area contributed by atoms with Gasteiger partial charge in [0, 0.05) is 17.5 Å². The summed E-state index contributed by atoms with van der Waals surface area (Å²) in [5.74, 6) is -8.96. The summed E-state index contributed by atoms with van der Waals surface area (Å²) in [5, 5.41) is 47.4. The molecule has 3 aliphatic carbocycles. The van der Waals surface area contributed by atoms with Gasteiger partial charge in [0.2, 0.25) is 5.78 Å². The summed E-state index contributed by atoms with van der Waals surface area (Å²) in [6.07, 6.45) is -4.55. The lowest BCUT2D eigenvalue weighted by molar-refractivity contribution is -0.153. The van der Waals surface area contributed by atoms with Gasteiger partial charge >= 0.3 is 6.18 Å². The van der Waals surface area contributed by atoms with Crippen LogP contribution in [0.4, 0.5) is 13.2 Å². The van der Waals surface area contributed by atoms with Crippen molar-refractivity contribution in [2.45, 2.75) is 49.5 Å². The monoisotopic (exact) mass is 551 g/mol. The van der Waals surface area contributed by atoms with Gasteiger partial charge in [-0.3, -0.25) is 19.3 Å². The van der Waals surface area contributed by atoms with E-state index in [0.717, 1.165) is 6.07 Å². The molecule has 0 bridgehead atoms. The van der Waals surface area contributed by atoms with Crippen molar-refractivity contribution in [3.63, 3.8) is 0 Å². The molecule has 0 aromatic heterocycles. The van der Waals surface area contributed by atoms with Crippen LogP contribution in [0, 0.1) is 11.8 Å². The fraction of sp³-hybridized carbons (Fsp3) is 0.500. The van der Waals surface area contributed by atoms with E-state index >= 15 is 0 Å². The van der Waals surface area contributed by atoms with Crippen molar-refractivity contribution < 1.29 is 48.0 Å². The summed E-state index contributed by atoms with van der Waals surface area (Å²) in [4.78, 5) is 40.3. The third-order valence-corrected chi connectivity index (χ3v) is 8.47. The number of alkyl halides is 3. The maximum atomic E-state index is 14.5. The Bertz CT molecular complexity index is 1380. The van der Waals surface area contributed by atoms with Crippen LogP contribution >= 0.6 is 0 Å². The quantitative estimate of drug-likeness (QED) is 0.304. The second kappa shape index (κ2) is 8.80. The Morgan fingerprint density at radius 1 is 1.21 bits per heavy atom. The molecule has 1 aromatic carbocycles. The molecule has 1 amide bonds. The molecule has 39 heavy (non-hydrogen) atoms. The summed E-state index contributed by atoms with van der Waals surface area (Å²) >= 11 is 0. The number of Topliss-reactive ketones (excluding diaryl/α,β-unsaturated/α-hetero) is 2. The first kappa shape index (κ1) is 27.2. The zero-order valence-electron chi connectivity index (χ0n) is 21.1. The molecule has 5 atom stereocenters. The zero-order valence-corrected chi connectivity index (χ0v) is 21.1. The molecule has 0 radical (unpaired) electrons. The summed E-state index contributed by atoms with van der Waals surface area (Å²) < 4.78 is 43.6. The minimum atomic E-state index is -4.86. The van der Waals surface area contributed by atoms with Crippen LogP contribution in [0.3, 0.4) is 0 Å². The van der Waals surface area contributed by atoms with E-state index in [2.05, 4.69) is 5.32 Å². The summed E-state index contributed by atoms with van der Waals surface area (Å²) in [7, 11) is 2.88. The van der Waals surface area contributed by atoms with Gasteiger partial charge in [0.25, 0.3) is 5.91 Å². The number of carbonyl (C=O) groups is 3. The Hall–Kier alpha value is -3.42. The molecule has 13 heteroatoms. The molecule has 2 fully saturated rings. The summed E-state index contributed by atoms with van der Waals surface area (Å²) in [6, 6.07) is -1.07. The lowest BCUT2D eigenvalue weighted by Gasteiger charge is -2.50. The molecular weight excluding hydrogens is 523 g/mol. The van der Waals surface area contributed by atoms with Crippen LogP contribution in [-0.4, -0.2) is 75.1 Å². The van der Waals surface area contributed by atoms with Gasteiger partial charge < -0.3 is 31.5 Å². The number of aliphatic hydroxyl groups excluding tert-OH is 2. The molecule has 1 unspecified atom stereocenters. The Morgan fingerprint density at radius 3 is 2.41 bits per heavy atom. The van der Waals surface area contributed by atoms with Crippen LogP contribution in [0.5, 0.6) is 5.75 Å². The smallest absolute Gasteiger partial charge is 0.417 e. The van der Waals surface area contributed by atoms with Crippen LogP contribution in [0.2, 0.25) is 0 Å². The number of fused-ring (bicyclic) bond motifs is 3. The van der Waals surface area contributed by atoms with Crippen molar-refractivity contribution in [3.8, 4) is 5.75 Å².